The summed E-state index contributed by atoms with van der Waals surface area (Å²) in [5.41, 5.74) is 5.56. The zero-order chi connectivity index (χ0) is 10.9. The lowest BCUT2D eigenvalue weighted by Gasteiger charge is -2.03. The number of hydrogen-bond donors (Lipinski definition) is 2. The third-order valence-corrected chi connectivity index (χ3v) is 3.08. The molecule has 1 rings (SSSR count). The largest absolute Gasteiger partial charge is 0.384 e. The van der Waals surface area contributed by atoms with Crippen molar-refractivity contribution in [1.29, 1.82) is 5.41 Å². The molecule has 0 radical (unpaired) electrons. The van der Waals surface area contributed by atoms with Crippen LogP contribution in [0.3, 0.4) is 0 Å². The first kappa shape index (κ1) is 11.0. The standard InChI is InChI=1S/C8H9ClN2O2S/c1-14(12,13)5-2-3-6(8(10)11)7(9)4-5/h2-4H,1H3,(H3,10,11). The predicted octanol–water partition coefficient (Wildman–Crippen LogP) is 1.03. The van der Waals surface area contributed by atoms with Crippen LogP contribution in [0.5, 0.6) is 0 Å². The van der Waals surface area contributed by atoms with E-state index in [1.54, 1.807) is 0 Å². The van der Waals surface area contributed by atoms with E-state index in [4.69, 9.17) is 22.7 Å². The highest BCUT2D eigenvalue weighted by Crippen LogP contribution is 2.20. The summed E-state index contributed by atoms with van der Waals surface area (Å²) in [7, 11) is -3.26. The van der Waals surface area contributed by atoms with Crippen LogP contribution >= 0.6 is 11.6 Å². The number of rotatable bonds is 2. The van der Waals surface area contributed by atoms with Crippen molar-refractivity contribution in [3.8, 4) is 0 Å². The van der Waals surface area contributed by atoms with Crippen molar-refractivity contribution in [2.45, 2.75) is 4.90 Å². The lowest BCUT2D eigenvalue weighted by Crippen LogP contribution is -2.12. The summed E-state index contributed by atoms with van der Waals surface area (Å²) in [6.45, 7) is 0. The van der Waals surface area contributed by atoms with Crippen molar-refractivity contribution in [1.82, 2.24) is 0 Å². The van der Waals surface area contributed by atoms with Gasteiger partial charge < -0.3 is 5.73 Å². The topological polar surface area (TPSA) is 84.0 Å². The zero-order valence-electron chi connectivity index (χ0n) is 7.41. The molecule has 0 saturated carbocycles. The molecule has 0 amide bonds. The highest BCUT2D eigenvalue weighted by atomic mass is 35.5. The first-order valence-electron chi connectivity index (χ1n) is 3.66. The molecular formula is C8H9ClN2O2S. The lowest BCUT2D eigenvalue weighted by molar-refractivity contribution is 0.602. The number of sulfone groups is 1. The van der Waals surface area contributed by atoms with E-state index in [-0.39, 0.29) is 15.8 Å². The Hall–Kier alpha value is -1.07. The number of nitrogens with two attached hydrogens (primary N) is 1. The molecule has 0 fully saturated rings. The van der Waals surface area contributed by atoms with Crippen molar-refractivity contribution in [3.63, 3.8) is 0 Å². The second-order valence-electron chi connectivity index (χ2n) is 2.83. The SMILES string of the molecule is CS(=O)(=O)c1ccc(C(=N)N)c(Cl)c1. The molecule has 0 unspecified atom stereocenters. The highest BCUT2D eigenvalue weighted by Gasteiger charge is 2.10. The molecule has 14 heavy (non-hydrogen) atoms. The molecule has 1 aromatic rings. The molecule has 76 valence electrons. The number of benzene rings is 1. The van der Waals surface area contributed by atoms with E-state index in [9.17, 15) is 8.42 Å². The summed E-state index contributed by atoms with van der Waals surface area (Å²) in [4.78, 5) is 0.118. The quantitative estimate of drug-likeness (QED) is 0.590. The molecule has 6 heteroatoms. The van der Waals surface area contributed by atoms with Gasteiger partial charge >= 0.3 is 0 Å². The third kappa shape index (κ3) is 2.24. The van der Waals surface area contributed by atoms with Gasteiger partial charge in [0.2, 0.25) is 0 Å². The van der Waals surface area contributed by atoms with E-state index in [0.29, 0.717) is 5.56 Å². The van der Waals surface area contributed by atoms with E-state index in [1.807, 2.05) is 0 Å². The van der Waals surface area contributed by atoms with Crippen LogP contribution in [0.4, 0.5) is 0 Å². The first-order valence-corrected chi connectivity index (χ1v) is 5.93. The van der Waals surface area contributed by atoms with Crippen LogP contribution in [-0.2, 0) is 9.84 Å². The summed E-state index contributed by atoms with van der Waals surface area (Å²) in [6, 6.07) is 4.08. The van der Waals surface area contributed by atoms with Crippen LogP contribution in [0.2, 0.25) is 5.02 Å². The van der Waals surface area contributed by atoms with Crippen LogP contribution in [0.1, 0.15) is 5.56 Å². The van der Waals surface area contributed by atoms with Gasteiger partial charge in [-0.1, -0.05) is 11.6 Å². The summed E-state index contributed by atoms with van der Waals surface area (Å²) in [6.07, 6.45) is 1.09. The number of nitrogen functional groups attached to an aromatic ring is 1. The minimum Gasteiger partial charge on any atom is -0.384 e. The summed E-state index contributed by atoms with van der Waals surface area (Å²) in [5.74, 6) is -0.185. The van der Waals surface area contributed by atoms with E-state index >= 15 is 0 Å². The third-order valence-electron chi connectivity index (χ3n) is 1.66. The average molecular weight is 233 g/mol. The molecule has 0 aliphatic heterocycles. The van der Waals surface area contributed by atoms with Crippen molar-refractivity contribution >= 4 is 27.3 Å². The molecule has 0 aliphatic rings. The second-order valence-corrected chi connectivity index (χ2v) is 5.25. The van der Waals surface area contributed by atoms with Crippen LogP contribution in [0.25, 0.3) is 0 Å². The van der Waals surface area contributed by atoms with Gasteiger partial charge in [0, 0.05) is 11.8 Å². The van der Waals surface area contributed by atoms with Gasteiger partial charge in [0.25, 0.3) is 0 Å². The molecule has 3 N–H and O–H groups in total. The molecule has 4 nitrogen and oxygen atoms in total. The smallest absolute Gasteiger partial charge is 0.175 e. The number of nitrogens with one attached hydrogen (secondary N) is 1. The monoisotopic (exact) mass is 232 g/mol. The van der Waals surface area contributed by atoms with Gasteiger partial charge in [-0.3, -0.25) is 5.41 Å². The summed E-state index contributed by atoms with van der Waals surface area (Å²) < 4.78 is 22.2. The van der Waals surface area contributed by atoms with Gasteiger partial charge in [0.15, 0.2) is 9.84 Å². The Bertz CT molecular complexity index is 482. The highest BCUT2D eigenvalue weighted by molar-refractivity contribution is 7.90. The van der Waals surface area contributed by atoms with Gasteiger partial charge in [-0.05, 0) is 18.2 Å². The summed E-state index contributed by atoms with van der Waals surface area (Å²) in [5, 5.41) is 7.31. The Morgan fingerprint density at radius 3 is 2.43 bits per heavy atom. The van der Waals surface area contributed by atoms with Crippen LogP contribution in [0, 0.1) is 5.41 Å². The Labute approximate surface area is 87.1 Å². The van der Waals surface area contributed by atoms with Gasteiger partial charge in [-0.15, -0.1) is 0 Å². The van der Waals surface area contributed by atoms with Crippen LogP contribution < -0.4 is 5.73 Å². The van der Waals surface area contributed by atoms with Crippen molar-refractivity contribution in [3.05, 3.63) is 28.8 Å². The number of hydrogen-bond acceptors (Lipinski definition) is 3. The molecule has 0 heterocycles. The predicted molar refractivity (Wildman–Crippen MR) is 55.6 cm³/mol. The molecular weight excluding hydrogens is 224 g/mol. The Morgan fingerprint density at radius 1 is 1.50 bits per heavy atom. The Morgan fingerprint density at radius 2 is 2.07 bits per heavy atom. The maximum atomic E-state index is 11.1. The van der Waals surface area contributed by atoms with Gasteiger partial charge in [-0.25, -0.2) is 8.42 Å². The Kier molecular flexibility index (Phi) is 2.82. The maximum Gasteiger partial charge on any atom is 0.175 e. The van der Waals surface area contributed by atoms with Crippen LogP contribution in [-0.4, -0.2) is 20.5 Å². The van der Waals surface area contributed by atoms with E-state index < -0.39 is 9.84 Å². The molecule has 0 bridgehead atoms. The fraction of sp³-hybridized carbons (Fsp3) is 0.125. The number of halogens is 1. The van der Waals surface area contributed by atoms with E-state index in [2.05, 4.69) is 0 Å². The molecule has 0 atom stereocenters. The second kappa shape index (κ2) is 3.59. The fourth-order valence-electron chi connectivity index (χ4n) is 0.945. The van der Waals surface area contributed by atoms with Crippen LogP contribution in [0.15, 0.2) is 23.1 Å². The lowest BCUT2D eigenvalue weighted by atomic mass is 10.2. The van der Waals surface area contributed by atoms with E-state index in [1.165, 1.54) is 18.2 Å². The number of amidine groups is 1. The van der Waals surface area contributed by atoms with E-state index in [0.717, 1.165) is 6.26 Å². The zero-order valence-corrected chi connectivity index (χ0v) is 8.98. The Balaban J connectivity index is 3.34. The maximum absolute atomic E-state index is 11.1. The van der Waals surface area contributed by atoms with Gasteiger partial charge in [0.1, 0.15) is 5.84 Å². The summed E-state index contributed by atoms with van der Waals surface area (Å²) >= 11 is 5.75. The van der Waals surface area contributed by atoms with Crippen molar-refractivity contribution < 1.29 is 8.42 Å². The molecule has 1 aromatic carbocycles. The average Bonchev–Trinajstić information content (AvgIpc) is 2.01. The minimum absolute atomic E-state index is 0.118. The fourth-order valence-corrected chi connectivity index (χ4v) is 1.94. The molecule has 0 aromatic heterocycles. The molecule has 0 spiro atoms. The van der Waals surface area contributed by atoms with Gasteiger partial charge in [0.05, 0.1) is 9.92 Å². The van der Waals surface area contributed by atoms with Crippen molar-refractivity contribution in [2.24, 2.45) is 5.73 Å². The minimum atomic E-state index is -3.26. The first-order chi connectivity index (χ1) is 6.32. The van der Waals surface area contributed by atoms with Gasteiger partial charge in [-0.2, -0.15) is 0 Å². The normalized spacial score (nSPS) is 11.3. The molecule has 0 aliphatic carbocycles. The van der Waals surface area contributed by atoms with Crippen molar-refractivity contribution in [2.75, 3.05) is 6.26 Å². The molecule has 0 saturated heterocycles.